The van der Waals surface area contributed by atoms with E-state index in [-0.39, 0.29) is 12.3 Å². The van der Waals surface area contributed by atoms with Crippen LogP contribution in [0, 0.1) is 11.3 Å². The number of pyridine rings is 1. The molecule has 0 fully saturated rings. The summed E-state index contributed by atoms with van der Waals surface area (Å²) in [7, 11) is 0. The fourth-order valence-corrected chi connectivity index (χ4v) is 3.47. The molecule has 0 aliphatic carbocycles. The first kappa shape index (κ1) is 21.7. The molecule has 33 heavy (non-hydrogen) atoms. The fraction of sp³-hybridized carbons (Fsp3) is 0.111. The molecule has 0 bridgehead atoms. The van der Waals surface area contributed by atoms with Crippen molar-refractivity contribution < 1.29 is 4.79 Å². The molecule has 0 N–H and O–H groups in total. The number of nitriles is 1. The molecular weight excluding hydrogens is 410 g/mol. The van der Waals surface area contributed by atoms with Gasteiger partial charge in [-0.15, -0.1) is 0 Å². The Kier molecular flexibility index (Phi) is 7.04. The summed E-state index contributed by atoms with van der Waals surface area (Å²) in [6.45, 7) is 0.747. The lowest BCUT2D eigenvalue weighted by Gasteiger charge is -2.19. The summed E-state index contributed by atoms with van der Waals surface area (Å²) in [5.41, 5.74) is 4.45. The Morgan fingerprint density at radius 2 is 1.79 bits per heavy atom. The number of aromatic nitrogens is 3. The Morgan fingerprint density at radius 3 is 2.48 bits per heavy atom. The smallest absolute Gasteiger partial charge is 0.246 e. The number of carbonyl (C=O) groups is 1. The molecule has 0 saturated heterocycles. The summed E-state index contributed by atoms with van der Waals surface area (Å²) in [5, 5.41) is 13.8. The summed E-state index contributed by atoms with van der Waals surface area (Å²) in [6, 6.07) is 25.6. The van der Waals surface area contributed by atoms with Crippen LogP contribution in [0.1, 0.15) is 17.5 Å². The van der Waals surface area contributed by atoms with E-state index in [1.54, 1.807) is 29.4 Å². The van der Waals surface area contributed by atoms with Crippen LogP contribution in [0.5, 0.6) is 0 Å². The average Bonchev–Trinajstić information content (AvgIpc) is 3.31. The van der Waals surface area contributed by atoms with Crippen LogP contribution in [0.15, 0.2) is 97.5 Å². The molecule has 0 radical (unpaired) electrons. The number of hydrogen-bond donors (Lipinski definition) is 0. The van der Waals surface area contributed by atoms with Crippen molar-refractivity contribution in [3.8, 4) is 23.0 Å². The minimum absolute atomic E-state index is 0.166. The van der Waals surface area contributed by atoms with E-state index in [1.807, 2.05) is 83.7 Å². The highest BCUT2D eigenvalue weighted by molar-refractivity contribution is 5.93. The number of rotatable bonds is 8. The van der Waals surface area contributed by atoms with Crippen LogP contribution in [-0.2, 0) is 11.3 Å². The Hall–Kier alpha value is -4.50. The molecule has 2 aromatic heterocycles. The monoisotopic (exact) mass is 433 g/mol. The highest BCUT2D eigenvalue weighted by atomic mass is 16.2. The van der Waals surface area contributed by atoms with Gasteiger partial charge in [0.1, 0.15) is 0 Å². The van der Waals surface area contributed by atoms with E-state index in [1.165, 1.54) is 0 Å². The molecule has 0 aliphatic rings. The minimum atomic E-state index is -0.166. The third-order valence-electron chi connectivity index (χ3n) is 5.12. The van der Waals surface area contributed by atoms with E-state index in [0.717, 1.165) is 28.1 Å². The summed E-state index contributed by atoms with van der Waals surface area (Å²) >= 11 is 0. The Balaban J connectivity index is 1.63. The van der Waals surface area contributed by atoms with Crippen LogP contribution in [0.4, 0.5) is 0 Å². The van der Waals surface area contributed by atoms with Crippen LogP contribution in [-0.4, -0.2) is 32.1 Å². The zero-order valence-corrected chi connectivity index (χ0v) is 18.1. The molecule has 4 aromatic rings. The van der Waals surface area contributed by atoms with Gasteiger partial charge in [-0.05, 0) is 29.8 Å². The van der Waals surface area contributed by atoms with Gasteiger partial charge in [0.25, 0.3) is 0 Å². The molecule has 6 nitrogen and oxygen atoms in total. The average molecular weight is 434 g/mol. The second-order valence-corrected chi connectivity index (χ2v) is 7.44. The van der Waals surface area contributed by atoms with Crippen LogP contribution in [0.3, 0.4) is 0 Å². The van der Waals surface area contributed by atoms with Crippen molar-refractivity contribution in [3.05, 3.63) is 109 Å². The van der Waals surface area contributed by atoms with Gasteiger partial charge in [-0.1, -0.05) is 54.6 Å². The predicted octanol–water partition coefficient (Wildman–Crippen LogP) is 4.89. The van der Waals surface area contributed by atoms with Crippen molar-refractivity contribution in [2.75, 3.05) is 6.54 Å². The van der Waals surface area contributed by atoms with Crippen molar-refractivity contribution in [1.29, 1.82) is 5.26 Å². The lowest BCUT2D eigenvalue weighted by molar-refractivity contribution is -0.126. The predicted molar refractivity (Wildman–Crippen MR) is 128 cm³/mol. The number of carbonyl (C=O) groups excluding carboxylic acids is 1. The first-order valence-electron chi connectivity index (χ1n) is 10.7. The van der Waals surface area contributed by atoms with E-state index >= 15 is 0 Å². The van der Waals surface area contributed by atoms with Crippen molar-refractivity contribution in [3.63, 3.8) is 0 Å². The molecule has 1 amide bonds. The van der Waals surface area contributed by atoms with Crippen molar-refractivity contribution in [2.45, 2.75) is 13.0 Å². The molecule has 162 valence electrons. The third kappa shape index (κ3) is 5.60. The molecule has 0 spiro atoms. The second-order valence-electron chi connectivity index (χ2n) is 7.44. The molecule has 4 rings (SSSR count). The maximum Gasteiger partial charge on any atom is 0.246 e. The number of nitrogens with zero attached hydrogens (tertiary/aromatic N) is 5. The van der Waals surface area contributed by atoms with Gasteiger partial charge in [-0.3, -0.25) is 9.78 Å². The third-order valence-corrected chi connectivity index (χ3v) is 5.12. The van der Waals surface area contributed by atoms with Crippen LogP contribution < -0.4 is 0 Å². The van der Waals surface area contributed by atoms with Crippen molar-refractivity contribution in [2.24, 2.45) is 0 Å². The quantitative estimate of drug-likeness (QED) is 0.371. The van der Waals surface area contributed by atoms with Gasteiger partial charge < -0.3 is 4.90 Å². The van der Waals surface area contributed by atoms with Gasteiger partial charge in [0.2, 0.25) is 5.91 Å². The Bertz CT molecular complexity index is 1260. The van der Waals surface area contributed by atoms with E-state index in [4.69, 9.17) is 10.4 Å². The largest absolute Gasteiger partial charge is 0.334 e. The summed E-state index contributed by atoms with van der Waals surface area (Å²) in [4.78, 5) is 18.8. The minimum Gasteiger partial charge on any atom is -0.334 e. The maximum atomic E-state index is 13.0. The Morgan fingerprint density at radius 1 is 1.03 bits per heavy atom. The Labute approximate surface area is 193 Å². The van der Waals surface area contributed by atoms with Crippen LogP contribution in [0.25, 0.3) is 23.0 Å². The number of para-hydroxylation sites is 1. The van der Waals surface area contributed by atoms with E-state index in [9.17, 15) is 4.79 Å². The molecule has 2 heterocycles. The first-order chi connectivity index (χ1) is 16.2. The molecule has 0 aliphatic heterocycles. The topological polar surface area (TPSA) is 74.8 Å². The van der Waals surface area contributed by atoms with Gasteiger partial charge in [0, 0.05) is 48.9 Å². The number of hydrogen-bond acceptors (Lipinski definition) is 4. The zero-order valence-electron chi connectivity index (χ0n) is 18.1. The maximum absolute atomic E-state index is 13.0. The van der Waals surface area contributed by atoms with E-state index in [2.05, 4.69) is 11.1 Å². The van der Waals surface area contributed by atoms with Crippen LogP contribution in [0.2, 0.25) is 0 Å². The molecule has 6 heteroatoms. The summed E-state index contributed by atoms with van der Waals surface area (Å²) in [6.07, 6.45) is 8.95. The van der Waals surface area contributed by atoms with E-state index < -0.39 is 0 Å². The SMILES string of the molecule is N#CCCN(Cc1cccnc1)C(=O)/C=C/c1cn(-c2ccccc2)nc1-c1ccccc1. The fourth-order valence-electron chi connectivity index (χ4n) is 3.47. The molecule has 2 aromatic carbocycles. The highest BCUT2D eigenvalue weighted by Gasteiger charge is 2.14. The molecule has 0 saturated carbocycles. The van der Waals surface area contributed by atoms with E-state index in [0.29, 0.717) is 13.1 Å². The zero-order chi connectivity index (χ0) is 22.9. The number of benzene rings is 2. The highest BCUT2D eigenvalue weighted by Crippen LogP contribution is 2.25. The van der Waals surface area contributed by atoms with Crippen molar-refractivity contribution in [1.82, 2.24) is 19.7 Å². The molecular formula is C27H23N5O. The summed E-state index contributed by atoms with van der Waals surface area (Å²) < 4.78 is 1.82. The standard InChI is InChI=1S/C27H23N5O/c28-16-8-18-31(20-22-9-7-17-29-19-22)26(33)15-14-24-21-32(25-12-5-2-6-13-25)30-27(24)23-10-3-1-4-11-23/h1-7,9-15,17,19,21H,8,18,20H2/b15-14+. The lowest BCUT2D eigenvalue weighted by Crippen LogP contribution is -2.29. The summed E-state index contributed by atoms with van der Waals surface area (Å²) in [5.74, 6) is -0.166. The molecule has 0 atom stereocenters. The molecule has 0 unspecified atom stereocenters. The van der Waals surface area contributed by atoms with Gasteiger partial charge in [-0.2, -0.15) is 10.4 Å². The van der Waals surface area contributed by atoms with Crippen LogP contribution >= 0.6 is 0 Å². The van der Waals surface area contributed by atoms with Crippen molar-refractivity contribution >= 4 is 12.0 Å². The van der Waals surface area contributed by atoms with Gasteiger partial charge >= 0.3 is 0 Å². The van der Waals surface area contributed by atoms with Gasteiger partial charge in [0.15, 0.2) is 0 Å². The number of amides is 1. The first-order valence-corrected chi connectivity index (χ1v) is 10.7. The lowest BCUT2D eigenvalue weighted by atomic mass is 10.1. The van der Waals surface area contributed by atoms with Gasteiger partial charge in [-0.25, -0.2) is 4.68 Å². The second kappa shape index (κ2) is 10.7. The van der Waals surface area contributed by atoms with Gasteiger partial charge in [0.05, 0.1) is 23.9 Å². The normalized spacial score (nSPS) is 10.8.